The van der Waals surface area contributed by atoms with E-state index in [1.165, 1.54) is 15.8 Å². The average Bonchev–Trinajstić information content (AvgIpc) is 3.28. The molecule has 0 radical (unpaired) electrons. The van der Waals surface area contributed by atoms with Crippen LogP contribution in [0.1, 0.15) is 21.6 Å². The summed E-state index contributed by atoms with van der Waals surface area (Å²) in [5, 5.41) is 4.43. The Bertz CT molecular complexity index is 1360. The summed E-state index contributed by atoms with van der Waals surface area (Å²) in [5.41, 5.74) is 1.49. The summed E-state index contributed by atoms with van der Waals surface area (Å²) >= 11 is 6.04. The third-order valence-corrected chi connectivity index (χ3v) is 5.83. The van der Waals surface area contributed by atoms with E-state index in [0.717, 1.165) is 18.2 Å². The lowest BCUT2D eigenvalue weighted by atomic mass is 9.99. The lowest BCUT2D eigenvalue weighted by molar-refractivity contribution is 0.0763. The largest absolute Gasteiger partial charge is 0.328 e. The molecule has 31 heavy (non-hydrogen) atoms. The Hall–Kier alpha value is -3.39. The summed E-state index contributed by atoms with van der Waals surface area (Å²) in [7, 11) is 1.60. The fourth-order valence-electron chi connectivity index (χ4n) is 3.92. The van der Waals surface area contributed by atoms with E-state index in [2.05, 4.69) is 10.1 Å². The summed E-state index contributed by atoms with van der Waals surface area (Å²) in [6, 6.07) is 6.65. The van der Waals surface area contributed by atoms with E-state index in [1.807, 2.05) is 0 Å². The maximum absolute atomic E-state index is 15.0. The van der Waals surface area contributed by atoms with Crippen LogP contribution in [0.5, 0.6) is 0 Å². The Balaban J connectivity index is 1.54. The molecule has 0 spiro atoms. The second-order valence-electron chi connectivity index (χ2n) is 7.33. The third kappa shape index (κ3) is 3.06. The van der Waals surface area contributed by atoms with E-state index in [4.69, 9.17) is 11.6 Å². The second-order valence-corrected chi connectivity index (χ2v) is 7.71. The lowest BCUT2D eigenvalue weighted by Gasteiger charge is -2.17. The molecule has 156 valence electrons. The fourth-order valence-corrected chi connectivity index (χ4v) is 4.20. The van der Waals surface area contributed by atoms with Crippen LogP contribution in [0.15, 0.2) is 42.7 Å². The summed E-state index contributed by atoms with van der Waals surface area (Å²) in [6.45, 7) is -0.0707. The number of amides is 1. The maximum atomic E-state index is 15.0. The molecule has 3 heterocycles. The normalized spacial score (nSPS) is 13.3. The van der Waals surface area contributed by atoms with E-state index >= 15 is 0 Å². The zero-order valence-electron chi connectivity index (χ0n) is 16.2. The molecule has 0 saturated heterocycles. The van der Waals surface area contributed by atoms with Crippen molar-refractivity contribution in [1.29, 1.82) is 0 Å². The van der Waals surface area contributed by atoms with Gasteiger partial charge in [0.05, 0.1) is 36.1 Å². The Kier molecular flexibility index (Phi) is 4.48. The van der Waals surface area contributed by atoms with Gasteiger partial charge in [0.2, 0.25) is 0 Å². The van der Waals surface area contributed by atoms with Crippen molar-refractivity contribution in [1.82, 2.24) is 19.7 Å². The first-order valence-corrected chi connectivity index (χ1v) is 9.74. The van der Waals surface area contributed by atoms with E-state index < -0.39 is 17.5 Å². The van der Waals surface area contributed by atoms with Crippen LogP contribution >= 0.6 is 11.6 Å². The number of hydrogen-bond donors (Lipinski definition) is 0. The number of halogens is 4. The first-order chi connectivity index (χ1) is 14.8. The number of hydrogen-bond acceptors (Lipinski definition) is 3. The first kappa shape index (κ1) is 19.6. The topological polar surface area (TPSA) is 51.0 Å². The quantitative estimate of drug-likeness (QED) is 0.455. The van der Waals surface area contributed by atoms with Crippen LogP contribution in [0.25, 0.3) is 22.0 Å². The molecule has 0 fully saturated rings. The van der Waals surface area contributed by atoms with Crippen molar-refractivity contribution in [2.24, 2.45) is 7.05 Å². The minimum Gasteiger partial charge on any atom is -0.328 e. The molecule has 2 aromatic carbocycles. The van der Waals surface area contributed by atoms with Crippen molar-refractivity contribution in [3.05, 3.63) is 82.0 Å². The van der Waals surface area contributed by atoms with E-state index in [9.17, 15) is 18.0 Å². The molecule has 0 aliphatic carbocycles. The summed E-state index contributed by atoms with van der Waals surface area (Å²) in [4.78, 5) is 18.0. The van der Waals surface area contributed by atoms with Gasteiger partial charge in [-0.1, -0.05) is 11.6 Å². The van der Waals surface area contributed by atoms with Gasteiger partial charge in [-0.15, -0.1) is 0 Å². The van der Waals surface area contributed by atoms with Crippen LogP contribution in [0.3, 0.4) is 0 Å². The number of fused-ring (bicyclic) bond motifs is 2. The van der Waals surface area contributed by atoms with Crippen LogP contribution in [0, 0.1) is 17.5 Å². The molecule has 1 aliphatic heterocycles. The predicted octanol–water partition coefficient (Wildman–Crippen LogP) is 4.86. The van der Waals surface area contributed by atoms with Crippen LogP contribution in [-0.2, 0) is 20.1 Å². The highest BCUT2D eigenvalue weighted by Crippen LogP contribution is 2.36. The van der Waals surface area contributed by atoms with Gasteiger partial charge in [0, 0.05) is 24.2 Å². The van der Waals surface area contributed by atoms with E-state index in [-0.39, 0.29) is 40.7 Å². The van der Waals surface area contributed by atoms with Crippen molar-refractivity contribution in [3.63, 3.8) is 0 Å². The van der Waals surface area contributed by atoms with Gasteiger partial charge in [-0.05, 0) is 41.5 Å². The molecule has 2 aromatic heterocycles. The first-order valence-electron chi connectivity index (χ1n) is 9.36. The third-order valence-electron chi connectivity index (χ3n) is 5.47. The molecule has 9 heteroatoms. The van der Waals surface area contributed by atoms with Gasteiger partial charge in [0.1, 0.15) is 22.5 Å². The SMILES string of the molecule is Cn1ncc2c(-c3cc(F)c(CN4Cc5ncccc5C4=O)c(F)c3)cc(F)c(Cl)c21. The van der Waals surface area contributed by atoms with Gasteiger partial charge >= 0.3 is 0 Å². The molecule has 0 atom stereocenters. The number of carbonyl (C=O) groups excluding carboxylic acids is 1. The van der Waals surface area contributed by atoms with E-state index in [1.54, 1.807) is 25.4 Å². The highest BCUT2D eigenvalue weighted by Gasteiger charge is 2.30. The lowest BCUT2D eigenvalue weighted by Crippen LogP contribution is -2.24. The smallest absolute Gasteiger partial charge is 0.256 e. The number of aryl methyl sites for hydroxylation is 1. The van der Waals surface area contributed by atoms with Crippen molar-refractivity contribution < 1.29 is 18.0 Å². The Labute approximate surface area is 179 Å². The van der Waals surface area contributed by atoms with Gasteiger partial charge in [-0.3, -0.25) is 14.5 Å². The highest BCUT2D eigenvalue weighted by molar-refractivity contribution is 6.35. The van der Waals surface area contributed by atoms with Gasteiger partial charge < -0.3 is 4.90 Å². The van der Waals surface area contributed by atoms with Gasteiger partial charge in [-0.2, -0.15) is 5.10 Å². The molecule has 5 rings (SSSR count). The predicted molar refractivity (Wildman–Crippen MR) is 109 cm³/mol. The van der Waals surface area contributed by atoms with Crippen LogP contribution in [0.4, 0.5) is 13.2 Å². The van der Waals surface area contributed by atoms with Crippen LogP contribution in [0.2, 0.25) is 5.02 Å². The number of benzene rings is 2. The molecule has 0 unspecified atom stereocenters. The van der Waals surface area contributed by atoms with Crippen molar-refractivity contribution in [2.45, 2.75) is 13.1 Å². The monoisotopic (exact) mass is 442 g/mol. The molecule has 4 aromatic rings. The Morgan fingerprint density at radius 1 is 1.10 bits per heavy atom. The van der Waals surface area contributed by atoms with E-state index in [0.29, 0.717) is 22.2 Å². The standard InChI is InChI=1S/C22H14ClF3N4O/c1-29-21-14(8-28-29)13(7-18(26)20(21)23)11-5-16(24)15(17(25)6-11)9-30-10-19-12(22(30)31)3-2-4-27-19/h2-8H,9-10H2,1H3. The van der Waals surface area contributed by atoms with Gasteiger partial charge in [0.25, 0.3) is 5.91 Å². The molecule has 0 saturated carbocycles. The Morgan fingerprint density at radius 2 is 1.84 bits per heavy atom. The molecule has 1 aliphatic rings. The molecule has 5 nitrogen and oxygen atoms in total. The number of pyridine rings is 1. The molecular weight excluding hydrogens is 429 g/mol. The highest BCUT2D eigenvalue weighted by atomic mass is 35.5. The number of carbonyl (C=O) groups is 1. The Morgan fingerprint density at radius 3 is 2.55 bits per heavy atom. The molecular formula is C22H14ClF3N4O. The van der Waals surface area contributed by atoms with Crippen molar-refractivity contribution in [2.75, 3.05) is 0 Å². The summed E-state index contributed by atoms with van der Waals surface area (Å²) in [6.07, 6.45) is 3.03. The summed E-state index contributed by atoms with van der Waals surface area (Å²) < 4.78 is 45.7. The summed E-state index contributed by atoms with van der Waals surface area (Å²) in [5.74, 6) is -2.72. The molecule has 0 N–H and O–H groups in total. The van der Waals surface area contributed by atoms with Gasteiger partial charge in [0.15, 0.2) is 0 Å². The average molecular weight is 443 g/mol. The number of aromatic nitrogens is 3. The van der Waals surface area contributed by atoms with Crippen molar-refractivity contribution in [3.8, 4) is 11.1 Å². The minimum atomic E-state index is -0.834. The van der Waals surface area contributed by atoms with Crippen LogP contribution < -0.4 is 0 Å². The zero-order chi connectivity index (χ0) is 21.9. The fraction of sp³-hybridized carbons (Fsp3) is 0.136. The van der Waals surface area contributed by atoms with Crippen LogP contribution in [-0.4, -0.2) is 25.6 Å². The van der Waals surface area contributed by atoms with Crippen molar-refractivity contribution >= 4 is 28.4 Å². The maximum Gasteiger partial charge on any atom is 0.256 e. The minimum absolute atomic E-state index is 0.114. The second kappa shape index (κ2) is 7.09. The van der Waals surface area contributed by atoms with Gasteiger partial charge in [-0.25, -0.2) is 13.2 Å². The number of nitrogens with zero attached hydrogens (tertiary/aromatic N) is 4. The zero-order valence-corrected chi connectivity index (χ0v) is 16.9. The number of rotatable bonds is 3. The molecule has 1 amide bonds. The molecule has 0 bridgehead atoms.